The Kier molecular flexibility index (Phi) is 6.15. The Bertz CT molecular complexity index is 135. The van der Waals surface area contributed by atoms with Crippen molar-refractivity contribution in [1.29, 1.82) is 0 Å². The van der Waals surface area contributed by atoms with Crippen LogP contribution in [0.5, 0.6) is 0 Å². The average molecular weight is 201 g/mol. The van der Waals surface area contributed by atoms with Crippen LogP contribution < -0.4 is 5.32 Å². The van der Waals surface area contributed by atoms with Crippen LogP contribution in [-0.4, -0.2) is 37.0 Å². The van der Waals surface area contributed by atoms with Crippen LogP contribution in [-0.2, 0) is 4.74 Å². The zero-order chi connectivity index (χ0) is 10.2. The van der Waals surface area contributed by atoms with Gasteiger partial charge in [-0.3, -0.25) is 0 Å². The molecular weight excluding hydrogens is 178 g/mol. The third-order valence-electron chi connectivity index (χ3n) is 2.63. The van der Waals surface area contributed by atoms with Gasteiger partial charge in [-0.2, -0.15) is 0 Å². The fraction of sp³-hybridized carbons (Fsp3) is 1.00. The summed E-state index contributed by atoms with van der Waals surface area (Å²) in [6.45, 7) is 4.23. The zero-order valence-corrected chi connectivity index (χ0v) is 9.17. The summed E-state index contributed by atoms with van der Waals surface area (Å²) in [5, 5.41) is 12.7. The number of hydrogen-bond acceptors (Lipinski definition) is 3. The van der Waals surface area contributed by atoms with Gasteiger partial charge in [-0.25, -0.2) is 0 Å². The Labute approximate surface area is 86.8 Å². The van der Waals surface area contributed by atoms with Gasteiger partial charge in [0.25, 0.3) is 0 Å². The second-order valence-electron chi connectivity index (χ2n) is 4.10. The molecular formula is C11H23NO2. The van der Waals surface area contributed by atoms with Crippen molar-refractivity contribution in [3.05, 3.63) is 0 Å². The lowest BCUT2D eigenvalue weighted by molar-refractivity contribution is -0.00532. The van der Waals surface area contributed by atoms with Crippen molar-refractivity contribution in [1.82, 2.24) is 5.32 Å². The molecule has 0 aliphatic heterocycles. The minimum absolute atomic E-state index is 0.345. The second kappa shape index (κ2) is 7.21. The number of aliphatic hydroxyl groups is 1. The summed E-state index contributed by atoms with van der Waals surface area (Å²) >= 11 is 0. The van der Waals surface area contributed by atoms with E-state index in [1.807, 2.05) is 0 Å². The molecule has 1 aliphatic carbocycles. The maximum absolute atomic E-state index is 9.55. The molecule has 1 unspecified atom stereocenters. The van der Waals surface area contributed by atoms with E-state index in [1.54, 1.807) is 0 Å². The molecule has 1 rings (SSSR count). The highest BCUT2D eigenvalue weighted by Crippen LogP contribution is 2.20. The van der Waals surface area contributed by atoms with Crippen LogP contribution in [0, 0.1) is 0 Å². The number of hydrogen-bond donors (Lipinski definition) is 2. The normalized spacial score (nSPS) is 20.1. The van der Waals surface area contributed by atoms with E-state index < -0.39 is 0 Å². The first-order chi connectivity index (χ1) is 6.83. The van der Waals surface area contributed by atoms with E-state index in [1.165, 1.54) is 25.7 Å². The van der Waals surface area contributed by atoms with Gasteiger partial charge >= 0.3 is 0 Å². The van der Waals surface area contributed by atoms with Gasteiger partial charge in [0.05, 0.1) is 18.8 Å². The standard InChI is InChI=1S/C11H23NO2/c1-2-7-12-8-10(13)9-14-11-5-3-4-6-11/h10-13H,2-9H2,1H3. The van der Waals surface area contributed by atoms with Gasteiger partial charge in [0, 0.05) is 6.54 Å². The molecule has 14 heavy (non-hydrogen) atoms. The lowest BCUT2D eigenvalue weighted by Gasteiger charge is -2.15. The van der Waals surface area contributed by atoms with Gasteiger partial charge < -0.3 is 15.2 Å². The van der Waals surface area contributed by atoms with E-state index in [4.69, 9.17) is 4.74 Å². The van der Waals surface area contributed by atoms with Crippen molar-refractivity contribution < 1.29 is 9.84 Å². The molecule has 2 N–H and O–H groups in total. The molecule has 1 saturated carbocycles. The summed E-state index contributed by atoms with van der Waals surface area (Å²) < 4.78 is 5.61. The summed E-state index contributed by atoms with van der Waals surface area (Å²) in [5.74, 6) is 0. The van der Waals surface area contributed by atoms with Crippen LogP contribution in [0.3, 0.4) is 0 Å². The Morgan fingerprint density at radius 2 is 2.14 bits per heavy atom. The highest BCUT2D eigenvalue weighted by atomic mass is 16.5. The summed E-state index contributed by atoms with van der Waals surface area (Å²) in [4.78, 5) is 0. The molecule has 3 nitrogen and oxygen atoms in total. The Morgan fingerprint density at radius 3 is 2.79 bits per heavy atom. The van der Waals surface area contributed by atoms with Crippen molar-refractivity contribution >= 4 is 0 Å². The smallest absolute Gasteiger partial charge is 0.0897 e. The number of ether oxygens (including phenoxy) is 1. The highest BCUT2D eigenvalue weighted by molar-refractivity contribution is 4.68. The van der Waals surface area contributed by atoms with Crippen molar-refractivity contribution in [3.63, 3.8) is 0 Å². The molecule has 0 aromatic rings. The first-order valence-corrected chi connectivity index (χ1v) is 5.83. The molecule has 0 saturated heterocycles. The molecule has 0 spiro atoms. The van der Waals surface area contributed by atoms with Crippen molar-refractivity contribution in [2.75, 3.05) is 19.7 Å². The molecule has 0 aromatic carbocycles. The summed E-state index contributed by atoms with van der Waals surface area (Å²) in [6.07, 6.45) is 6.10. The van der Waals surface area contributed by atoms with Gasteiger partial charge in [-0.05, 0) is 25.8 Å². The molecule has 84 valence electrons. The van der Waals surface area contributed by atoms with Gasteiger partial charge in [-0.1, -0.05) is 19.8 Å². The van der Waals surface area contributed by atoms with E-state index in [0.717, 1.165) is 13.0 Å². The number of aliphatic hydroxyl groups excluding tert-OH is 1. The third kappa shape index (κ3) is 4.94. The van der Waals surface area contributed by atoms with E-state index >= 15 is 0 Å². The Balaban J connectivity index is 1.93. The van der Waals surface area contributed by atoms with Gasteiger partial charge in [0.15, 0.2) is 0 Å². The van der Waals surface area contributed by atoms with Crippen molar-refractivity contribution in [2.24, 2.45) is 0 Å². The van der Waals surface area contributed by atoms with E-state index in [-0.39, 0.29) is 6.10 Å². The molecule has 1 atom stereocenters. The van der Waals surface area contributed by atoms with Crippen molar-refractivity contribution in [2.45, 2.75) is 51.2 Å². The topological polar surface area (TPSA) is 41.5 Å². The van der Waals surface area contributed by atoms with Gasteiger partial charge in [0.2, 0.25) is 0 Å². The molecule has 1 fully saturated rings. The van der Waals surface area contributed by atoms with Gasteiger partial charge in [-0.15, -0.1) is 0 Å². The van der Waals surface area contributed by atoms with Crippen molar-refractivity contribution in [3.8, 4) is 0 Å². The average Bonchev–Trinajstić information content (AvgIpc) is 2.68. The molecule has 1 aliphatic rings. The maximum Gasteiger partial charge on any atom is 0.0897 e. The zero-order valence-electron chi connectivity index (χ0n) is 9.17. The van der Waals surface area contributed by atoms with E-state index in [9.17, 15) is 5.11 Å². The van der Waals surface area contributed by atoms with Gasteiger partial charge in [0.1, 0.15) is 0 Å². The molecule has 0 amide bonds. The Hall–Kier alpha value is -0.120. The van der Waals surface area contributed by atoms with Crippen LogP contribution in [0.4, 0.5) is 0 Å². The molecule has 0 radical (unpaired) electrons. The monoisotopic (exact) mass is 201 g/mol. The predicted octanol–water partition coefficient (Wildman–Crippen LogP) is 1.31. The van der Waals surface area contributed by atoms with Crippen LogP contribution >= 0.6 is 0 Å². The van der Waals surface area contributed by atoms with Crippen LogP contribution in [0.2, 0.25) is 0 Å². The second-order valence-corrected chi connectivity index (χ2v) is 4.10. The quantitative estimate of drug-likeness (QED) is 0.610. The third-order valence-corrected chi connectivity index (χ3v) is 2.63. The molecule has 0 heterocycles. The van der Waals surface area contributed by atoms with E-state index in [2.05, 4.69) is 12.2 Å². The summed E-state index contributed by atoms with van der Waals surface area (Å²) in [7, 11) is 0. The van der Waals surface area contributed by atoms with Crippen LogP contribution in [0.25, 0.3) is 0 Å². The fourth-order valence-electron chi connectivity index (χ4n) is 1.81. The van der Waals surface area contributed by atoms with Crippen LogP contribution in [0.15, 0.2) is 0 Å². The lowest BCUT2D eigenvalue weighted by atomic mass is 10.3. The lowest BCUT2D eigenvalue weighted by Crippen LogP contribution is -2.32. The molecule has 0 aromatic heterocycles. The predicted molar refractivity (Wildman–Crippen MR) is 57.4 cm³/mol. The van der Waals surface area contributed by atoms with Crippen LogP contribution in [0.1, 0.15) is 39.0 Å². The Morgan fingerprint density at radius 1 is 1.43 bits per heavy atom. The minimum atomic E-state index is -0.345. The number of nitrogens with one attached hydrogen (secondary N) is 1. The largest absolute Gasteiger partial charge is 0.389 e. The first kappa shape index (κ1) is 12.0. The molecule has 0 bridgehead atoms. The van der Waals surface area contributed by atoms with E-state index in [0.29, 0.717) is 19.3 Å². The summed E-state index contributed by atoms with van der Waals surface area (Å²) in [6, 6.07) is 0. The SMILES string of the molecule is CCCNCC(O)COC1CCCC1. The highest BCUT2D eigenvalue weighted by Gasteiger charge is 2.16. The maximum atomic E-state index is 9.55. The molecule has 3 heteroatoms. The minimum Gasteiger partial charge on any atom is -0.389 e. The first-order valence-electron chi connectivity index (χ1n) is 5.83. The fourth-order valence-corrected chi connectivity index (χ4v) is 1.81. The number of rotatable bonds is 7. The summed E-state index contributed by atoms with van der Waals surface area (Å²) in [5.41, 5.74) is 0.